The van der Waals surface area contributed by atoms with Crippen LogP contribution in [0.4, 0.5) is 0 Å². The number of amides is 1. The van der Waals surface area contributed by atoms with Gasteiger partial charge in [-0.3, -0.25) is 4.79 Å². The molecule has 4 nitrogen and oxygen atoms in total. The lowest BCUT2D eigenvalue weighted by Crippen LogP contribution is -2.39. The van der Waals surface area contributed by atoms with Crippen molar-refractivity contribution in [1.82, 2.24) is 5.43 Å². The number of carbonyl (C=O) groups excluding carboxylic acids is 1. The minimum atomic E-state index is -0.528. The van der Waals surface area contributed by atoms with Crippen LogP contribution in [0, 0.1) is 5.92 Å². The second-order valence-electron chi connectivity index (χ2n) is 2.65. The van der Waals surface area contributed by atoms with Crippen LogP contribution in [0.5, 0.6) is 0 Å². The molecule has 0 saturated heterocycles. The fourth-order valence-electron chi connectivity index (χ4n) is 0.881. The van der Waals surface area contributed by atoms with Crippen molar-refractivity contribution < 1.29 is 4.79 Å². The summed E-state index contributed by atoms with van der Waals surface area (Å²) in [6, 6.07) is -0.528. The molecule has 0 radical (unpaired) electrons. The molecule has 1 aliphatic rings. The number of carbonyl (C=O) groups is 1. The number of nitrogens with zero attached hydrogens (tertiary/aromatic N) is 1. The van der Waals surface area contributed by atoms with Gasteiger partial charge >= 0.3 is 0 Å². The average Bonchev–Trinajstić information content (AvgIpc) is 2.14. The fraction of sp³-hybridized carbons (Fsp3) is 0.667. The van der Waals surface area contributed by atoms with Gasteiger partial charge in [0.2, 0.25) is 0 Å². The smallest absolute Gasteiger partial charge is 0.262 e. The highest BCUT2D eigenvalue weighted by Gasteiger charge is 2.27. The standard InChI is InChI=1S/C6H11N3O/c1-3(2)5-4(7)6(10)9-8-5/h3-4H,7H2,1-2H3,(H,9,10). The maximum atomic E-state index is 10.7. The van der Waals surface area contributed by atoms with E-state index in [1.807, 2.05) is 13.8 Å². The molecule has 0 spiro atoms. The molecule has 1 rings (SSSR count). The Bertz CT molecular complexity index is 185. The largest absolute Gasteiger partial charge is 0.315 e. The molecule has 1 aliphatic heterocycles. The SMILES string of the molecule is CC(C)C1=NNC(=O)C1N. The Morgan fingerprint density at radius 2 is 2.30 bits per heavy atom. The zero-order valence-electron chi connectivity index (χ0n) is 6.09. The van der Waals surface area contributed by atoms with Crippen LogP contribution in [-0.2, 0) is 4.79 Å². The lowest BCUT2D eigenvalue weighted by molar-refractivity contribution is -0.120. The van der Waals surface area contributed by atoms with Gasteiger partial charge in [-0.15, -0.1) is 0 Å². The molecule has 1 atom stereocenters. The van der Waals surface area contributed by atoms with Crippen LogP contribution in [-0.4, -0.2) is 17.7 Å². The normalized spacial score (nSPS) is 25.0. The summed E-state index contributed by atoms with van der Waals surface area (Å²) in [5.41, 5.74) is 8.55. The topological polar surface area (TPSA) is 67.5 Å². The number of nitrogens with one attached hydrogen (secondary N) is 1. The second-order valence-corrected chi connectivity index (χ2v) is 2.65. The fourth-order valence-corrected chi connectivity index (χ4v) is 0.881. The summed E-state index contributed by atoms with van der Waals surface area (Å²) >= 11 is 0. The zero-order chi connectivity index (χ0) is 7.72. The molecule has 3 N–H and O–H groups in total. The molecule has 4 heteroatoms. The third kappa shape index (κ3) is 1.02. The van der Waals surface area contributed by atoms with Crippen molar-refractivity contribution in [1.29, 1.82) is 0 Å². The molecule has 0 fully saturated rings. The highest BCUT2D eigenvalue weighted by molar-refractivity contribution is 6.12. The first-order chi connectivity index (χ1) is 4.63. The monoisotopic (exact) mass is 141 g/mol. The lowest BCUT2D eigenvalue weighted by Gasteiger charge is -2.05. The highest BCUT2D eigenvalue weighted by Crippen LogP contribution is 2.04. The molecular weight excluding hydrogens is 130 g/mol. The Hall–Kier alpha value is -0.900. The summed E-state index contributed by atoms with van der Waals surface area (Å²) in [6.07, 6.45) is 0. The molecule has 0 aromatic carbocycles. The first-order valence-electron chi connectivity index (χ1n) is 3.26. The Morgan fingerprint density at radius 1 is 1.70 bits per heavy atom. The van der Waals surface area contributed by atoms with Crippen molar-refractivity contribution >= 4 is 11.6 Å². The van der Waals surface area contributed by atoms with Crippen LogP contribution in [0.3, 0.4) is 0 Å². The van der Waals surface area contributed by atoms with Crippen molar-refractivity contribution in [3.63, 3.8) is 0 Å². The minimum Gasteiger partial charge on any atom is -0.315 e. The predicted octanol–water partition coefficient (Wildman–Crippen LogP) is -0.544. The van der Waals surface area contributed by atoms with Gasteiger partial charge in [-0.2, -0.15) is 5.10 Å². The van der Waals surface area contributed by atoms with Crippen LogP contribution in [0.25, 0.3) is 0 Å². The first-order valence-corrected chi connectivity index (χ1v) is 3.26. The van der Waals surface area contributed by atoms with E-state index in [4.69, 9.17) is 5.73 Å². The van der Waals surface area contributed by atoms with Gasteiger partial charge in [-0.05, 0) is 5.92 Å². The lowest BCUT2D eigenvalue weighted by atomic mass is 10.0. The molecule has 0 aromatic rings. The van der Waals surface area contributed by atoms with E-state index in [2.05, 4.69) is 10.5 Å². The van der Waals surface area contributed by atoms with E-state index < -0.39 is 6.04 Å². The Kier molecular flexibility index (Phi) is 1.72. The van der Waals surface area contributed by atoms with Gasteiger partial charge in [-0.25, -0.2) is 5.43 Å². The molecule has 0 aliphatic carbocycles. The summed E-state index contributed by atoms with van der Waals surface area (Å²) in [5.74, 6) is 0.0395. The molecule has 0 aromatic heterocycles. The number of nitrogens with two attached hydrogens (primary N) is 1. The van der Waals surface area contributed by atoms with Gasteiger partial charge in [0.05, 0.1) is 5.71 Å². The van der Waals surface area contributed by atoms with Crippen LogP contribution >= 0.6 is 0 Å². The van der Waals surface area contributed by atoms with Crippen molar-refractivity contribution in [2.75, 3.05) is 0 Å². The zero-order valence-corrected chi connectivity index (χ0v) is 6.09. The average molecular weight is 141 g/mol. The molecule has 0 bridgehead atoms. The summed E-state index contributed by atoms with van der Waals surface area (Å²) in [6.45, 7) is 3.91. The van der Waals surface area contributed by atoms with E-state index in [-0.39, 0.29) is 11.8 Å². The quantitative estimate of drug-likeness (QED) is 0.514. The van der Waals surface area contributed by atoms with E-state index in [1.54, 1.807) is 0 Å². The summed E-state index contributed by atoms with van der Waals surface area (Å²) in [5, 5.41) is 3.79. The maximum absolute atomic E-state index is 10.7. The molecule has 10 heavy (non-hydrogen) atoms. The summed E-state index contributed by atoms with van der Waals surface area (Å²) < 4.78 is 0. The first kappa shape index (κ1) is 7.21. The van der Waals surface area contributed by atoms with Crippen molar-refractivity contribution in [3.8, 4) is 0 Å². The van der Waals surface area contributed by atoms with Gasteiger partial charge in [-0.1, -0.05) is 13.8 Å². The minimum absolute atomic E-state index is 0.205. The van der Waals surface area contributed by atoms with E-state index in [0.29, 0.717) is 0 Å². The van der Waals surface area contributed by atoms with Gasteiger partial charge in [0.1, 0.15) is 6.04 Å². The molecule has 0 saturated carbocycles. The van der Waals surface area contributed by atoms with Crippen LogP contribution in [0.15, 0.2) is 5.10 Å². The van der Waals surface area contributed by atoms with Gasteiger partial charge < -0.3 is 5.73 Å². The number of hydrogen-bond donors (Lipinski definition) is 2. The van der Waals surface area contributed by atoms with E-state index in [9.17, 15) is 4.79 Å². The number of hydrazone groups is 1. The maximum Gasteiger partial charge on any atom is 0.262 e. The number of rotatable bonds is 1. The Morgan fingerprint density at radius 3 is 2.50 bits per heavy atom. The Balaban J connectivity index is 2.72. The molecule has 56 valence electrons. The second kappa shape index (κ2) is 2.38. The highest BCUT2D eigenvalue weighted by atomic mass is 16.2. The summed E-state index contributed by atoms with van der Waals surface area (Å²) in [7, 11) is 0. The molecule has 1 unspecified atom stereocenters. The third-order valence-electron chi connectivity index (χ3n) is 1.49. The number of hydrogen-bond acceptors (Lipinski definition) is 3. The molecule has 1 amide bonds. The van der Waals surface area contributed by atoms with Crippen LogP contribution in [0.1, 0.15) is 13.8 Å². The van der Waals surface area contributed by atoms with Crippen molar-refractivity contribution in [2.24, 2.45) is 16.8 Å². The van der Waals surface area contributed by atoms with E-state index >= 15 is 0 Å². The van der Waals surface area contributed by atoms with Crippen molar-refractivity contribution in [3.05, 3.63) is 0 Å². The summed E-state index contributed by atoms with van der Waals surface area (Å²) in [4.78, 5) is 10.7. The predicted molar refractivity (Wildman–Crippen MR) is 38.4 cm³/mol. The van der Waals surface area contributed by atoms with E-state index in [0.717, 1.165) is 5.71 Å². The Labute approximate surface area is 59.5 Å². The molecular formula is C6H11N3O. The van der Waals surface area contributed by atoms with Gasteiger partial charge in [0.25, 0.3) is 5.91 Å². The molecule has 1 heterocycles. The third-order valence-corrected chi connectivity index (χ3v) is 1.49. The van der Waals surface area contributed by atoms with Crippen LogP contribution in [0.2, 0.25) is 0 Å². The van der Waals surface area contributed by atoms with Gasteiger partial charge in [0.15, 0.2) is 0 Å². The van der Waals surface area contributed by atoms with Gasteiger partial charge in [0, 0.05) is 0 Å². The van der Waals surface area contributed by atoms with E-state index in [1.165, 1.54) is 0 Å². The van der Waals surface area contributed by atoms with Crippen molar-refractivity contribution in [2.45, 2.75) is 19.9 Å². The van der Waals surface area contributed by atoms with Crippen LogP contribution < -0.4 is 11.2 Å².